The summed E-state index contributed by atoms with van der Waals surface area (Å²) in [6.07, 6.45) is 0.829. The summed E-state index contributed by atoms with van der Waals surface area (Å²) >= 11 is 5.94. The number of hydrogen-bond donors (Lipinski definition) is 1. The van der Waals surface area contributed by atoms with Gasteiger partial charge in [-0.3, -0.25) is 0 Å². The van der Waals surface area contributed by atoms with E-state index in [1.807, 2.05) is 31.2 Å². The highest BCUT2D eigenvalue weighted by Crippen LogP contribution is 2.24. The molecule has 2 nitrogen and oxygen atoms in total. The fourth-order valence-corrected chi connectivity index (χ4v) is 1.74. The first-order chi connectivity index (χ1) is 7.19. The lowest BCUT2D eigenvalue weighted by Crippen LogP contribution is -2.29. The van der Waals surface area contributed by atoms with Crippen LogP contribution in [-0.2, 0) is 4.74 Å². The summed E-state index contributed by atoms with van der Waals surface area (Å²) in [5, 5.41) is 0.723. The highest BCUT2D eigenvalue weighted by molar-refractivity contribution is 6.30. The molecule has 15 heavy (non-hydrogen) atoms. The number of halogens is 1. The van der Waals surface area contributed by atoms with Gasteiger partial charge in [0.2, 0.25) is 0 Å². The van der Waals surface area contributed by atoms with E-state index in [-0.39, 0.29) is 12.1 Å². The van der Waals surface area contributed by atoms with Crippen LogP contribution in [0.25, 0.3) is 0 Å². The zero-order valence-corrected chi connectivity index (χ0v) is 10.00. The van der Waals surface area contributed by atoms with Gasteiger partial charge in [0.1, 0.15) is 0 Å². The monoisotopic (exact) mass is 227 g/mol. The van der Waals surface area contributed by atoms with Gasteiger partial charge in [0, 0.05) is 17.7 Å². The summed E-state index contributed by atoms with van der Waals surface area (Å²) in [5.41, 5.74) is 7.07. The van der Waals surface area contributed by atoms with Crippen LogP contribution in [0.4, 0.5) is 0 Å². The molecular weight excluding hydrogens is 210 g/mol. The standard InChI is InChI=1S/C12H18ClNO/c1-3-11(14)12(15-4-2)9-6-5-7-10(13)8-9/h5-8,11-12H,3-4,14H2,1-2H3. The van der Waals surface area contributed by atoms with Gasteiger partial charge in [-0.2, -0.15) is 0 Å². The zero-order chi connectivity index (χ0) is 11.3. The average molecular weight is 228 g/mol. The van der Waals surface area contributed by atoms with Crippen molar-refractivity contribution in [1.29, 1.82) is 0 Å². The van der Waals surface area contributed by atoms with Crippen molar-refractivity contribution >= 4 is 11.6 Å². The molecule has 0 amide bonds. The molecule has 0 saturated carbocycles. The SMILES string of the molecule is CCOC(c1cccc(Cl)c1)C(N)CC. The topological polar surface area (TPSA) is 35.2 Å². The molecule has 2 N–H and O–H groups in total. The first kappa shape index (κ1) is 12.5. The van der Waals surface area contributed by atoms with Crippen LogP contribution in [-0.4, -0.2) is 12.6 Å². The molecule has 0 spiro atoms. The molecule has 1 aromatic carbocycles. The lowest BCUT2D eigenvalue weighted by Gasteiger charge is -2.23. The van der Waals surface area contributed by atoms with Crippen LogP contribution in [0, 0.1) is 0 Å². The Bertz CT molecular complexity index is 303. The molecule has 0 aliphatic carbocycles. The highest BCUT2D eigenvalue weighted by Gasteiger charge is 2.18. The molecule has 0 fully saturated rings. The Kier molecular flexibility index (Phi) is 5.09. The van der Waals surface area contributed by atoms with Crippen LogP contribution in [0.2, 0.25) is 5.02 Å². The van der Waals surface area contributed by atoms with Crippen LogP contribution in [0.5, 0.6) is 0 Å². The van der Waals surface area contributed by atoms with Gasteiger partial charge in [-0.15, -0.1) is 0 Å². The smallest absolute Gasteiger partial charge is 0.0975 e. The summed E-state index contributed by atoms with van der Waals surface area (Å²) in [7, 11) is 0. The molecule has 0 aliphatic heterocycles. The third-order valence-electron chi connectivity index (χ3n) is 2.38. The Morgan fingerprint density at radius 2 is 2.13 bits per heavy atom. The zero-order valence-electron chi connectivity index (χ0n) is 9.24. The number of hydrogen-bond acceptors (Lipinski definition) is 2. The fourth-order valence-electron chi connectivity index (χ4n) is 1.54. The maximum atomic E-state index is 6.02. The van der Waals surface area contributed by atoms with E-state index >= 15 is 0 Å². The summed E-state index contributed by atoms with van der Waals surface area (Å²) < 4.78 is 5.65. The number of rotatable bonds is 5. The molecule has 1 aromatic rings. The molecule has 0 aromatic heterocycles. The van der Waals surface area contributed by atoms with Crippen LogP contribution >= 0.6 is 11.6 Å². The van der Waals surface area contributed by atoms with Crippen molar-refractivity contribution in [2.24, 2.45) is 5.73 Å². The Morgan fingerprint density at radius 1 is 1.40 bits per heavy atom. The molecule has 3 heteroatoms. The van der Waals surface area contributed by atoms with Gasteiger partial charge in [-0.1, -0.05) is 30.7 Å². The van der Waals surface area contributed by atoms with E-state index in [1.54, 1.807) is 0 Å². The van der Waals surface area contributed by atoms with Gasteiger partial charge >= 0.3 is 0 Å². The Balaban J connectivity index is 2.88. The molecule has 2 atom stereocenters. The molecular formula is C12H18ClNO. The minimum atomic E-state index is -0.0568. The van der Waals surface area contributed by atoms with E-state index in [2.05, 4.69) is 6.92 Å². The maximum Gasteiger partial charge on any atom is 0.0975 e. The predicted octanol–water partition coefficient (Wildman–Crippen LogP) is 3.15. The Hall–Kier alpha value is -0.570. The van der Waals surface area contributed by atoms with Crippen LogP contribution in [0.1, 0.15) is 31.9 Å². The van der Waals surface area contributed by atoms with Gasteiger partial charge in [0.15, 0.2) is 0 Å². The first-order valence-corrected chi connectivity index (χ1v) is 5.69. The number of ether oxygens (including phenoxy) is 1. The van der Waals surface area contributed by atoms with Crippen molar-refractivity contribution in [3.8, 4) is 0 Å². The molecule has 0 bridgehead atoms. The van der Waals surface area contributed by atoms with Crippen molar-refractivity contribution in [3.63, 3.8) is 0 Å². The van der Waals surface area contributed by atoms with E-state index in [9.17, 15) is 0 Å². The normalized spacial score (nSPS) is 14.9. The summed E-state index contributed by atoms with van der Waals surface area (Å²) in [6, 6.07) is 7.71. The van der Waals surface area contributed by atoms with E-state index in [4.69, 9.17) is 22.1 Å². The van der Waals surface area contributed by atoms with E-state index in [0.29, 0.717) is 6.61 Å². The van der Waals surface area contributed by atoms with Gasteiger partial charge in [-0.25, -0.2) is 0 Å². The van der Waals surface area contributed by atoms with Gasteiger partial charge in [0.05, 0.1) is 6.10 Å². The minimum Gasteiger partial charge on any atom is -0.372 e. The lowest BCUT2D eigenvalue weighted by atomic mass is 10.0. The van der Waals surface area contributed by atoms with Crippen molar-refractivity contribution in [3.05, 3.63) is 34.9 Å². The Morgan fingerprint density at radius 3 is 2.67 bits per heavy atom. The third-order valence-corrected chi connectivity index (χ3v) is 2.62. The lowest BCUT2D eigenvalue weighted by molar-refractivity contribution is 0.0424. The highest BCUT2D eigenvalue weighted by atomic mass is 35.5. The average Bonchev–Trinajstić information content (AvgIpc) is 2.25. The quantitative estimate of drug-likeness (QED) is 0.839. The van der Waals surface area contributed by atoms with Crippen LogP contribution in [0.15, 0.2) is 24.3 Å². The molecule has 0 radical (unpaired) electrons. The minimum absolute atomic E-state index is 0.0171. The summed E-state index contributed by atoms with van der Waals surface area (Å²) in [4.78, 5) is 0. The molecule has 0 heterocycles. The van der Waals surface area contributed by atoms with Gasteiger partial charge < -0.3 is 10.5 Å². The second kappa shape index (κ2) is 6.11. The van der Waals surface area contributed by atoms with Crippen molar-refractivity contribution in [1.82, 2.24) is 0 Å². The first-order valence-electron chi connectivity index (χ1n) is 5.31. The largest absolute Gasteiger partial charge is 0.372 e. The van der Waals surface area contributed by atoms with Crippen LogP contribution < -0.4 is 5.73 Å². The fraction of sp³-hybridized carbons (Fsp3) is 0.500. The number of benzene rings is 1. The van der Waals surface area contributed by atoms with Crippen molar-refractivity contribution in [2.45, 2.75) is 32.4 Å². The predicted molar refractivity (Wildman–Crippen MR) is 64.1 cm³/mol. The second-order valence-corrected chi connectivity index (χ2v) is 3.94. The molecule has 0 saturated heterocycles. The summed E-state index contributed by atoms with van der Waals surface area (Å²) in [5.74, 6) is 0. The molecule has 2 unspecified atom stereocenters. The third kappa shape index (κ3) is 3.49. The van der Waals surface area contributed by atoms with Crippen molar-refractivity contribution < 1.29 is 4.74 Å². The van der Waals surface area contributed by atoms with Gasteiger partial charge in [0.25, 0.3) is 0 Å². The number of nitrogens with two attached hydrogens (primary N) is 1. The Labute approximate surface area is 96.4 Å². The maximum absolute atomic E-state index is 6.02. The molecule has 84 valence electrons. The molecule has 0 aliphatic rings. The van der Waals surface area contributed by atoms with E-state index in [1.165, 1.54) is 0 Å². The van der Waals surface area contributed by atoms with Gasteiger partial charge in [-0.05, 0) is 31.0 Å². The summed E-state index contributed by atoms with van der Waals surface area (Å²) in [6.45, 7) is 4.69. The van der Waals surface area contributed by atoms with Crippen molar-refractivity contribution in [2.75, 3.05) is 6.61 Å². The van der Waals surface area contributed by atoms with Crippen LogP contribution in [0.3, 0.4) is 0 Å². The molecule has 1 rings (SSSR count). The van der Waals surface area contributed by atoms with E-state index < -0.39 is 0 Å². The second-order valence-electron chi connectivity index (χ2n) is 3.50. The van der Waals surface area contributed by atoms with E-state index in [0.717, 1.165) is 17.0 Å².